The predicted molar refractivity (Wildman–Crippen MR) is 76.0 cm³/mol. The van der Waals surface area contributed by atoms with Gasteiger partial charge in [-0.15, -0.1) is 0 Å². The molecule has 0 bridgehead atoms. The summed E-state index contributed by atoms with van der Waals surface area (Å²) in [5.41, 5.74) is 0. The predicted octanol–water partition coefficient (Wildman–Crippen LogP) is 6.49. The Labute approximate surface area is 121 Å². The van der Waals surface area contributed by atoms with Crippen LogP contribution < -0.4 is 0 Å². The van der Waals surface area contributed by atoms with E-state index < -0.39 is 0 Å². The van der Waals surface area contributed by atoms with Gasteiger partial charge in [-0.05, 0) is 0 Å². The van der Waals surface area contributed by atoms with E-state index >= 15 is 0 Å². The minimum atomic E-state index is 0. The van der Waals surface area contributed by atoms with Crippen LogP contribution in [-0.2, 0) is 16.8 Å². The fourth-order valence-electron chi connectivity index (χ4n) is 2.27. The van der Waals surface area contributed by atoms with Crippen molar-refractivity contribution in [2.75, 3.05) is 0 Å². The summed E-state index contributed by atoms with van der Waals surface area (Å²) in [6.45, 7) is 4.58. The van der Waals surface area contributed by atoms with Crippen molar-refractivity contribution < 1.29 is 16.8 Å². The molecular weight excluding hydrogens is 251 g/mol. The van der Waals surface area contributed by atoms with Crippen LogP contribution in [0.5, 0.6) is 0 Å². The van der Waals surface area contributed by atoms with Crippen LogP contribution in [0.1, 0.15) is 104 Å². The molecule has 0 unspecified atom stereocenters. The summed E-state index contributed by atoms with van der Waals surface area (Å²) in [4.78, 5) is 0. The van der Waals surface area contributed by atoms with Crippen molar-refractivity contribution in [3.05, 3.63) is 0 Å². The number of hydrogen-bond acceptors (Lipinski definition) is 0. The molecule has 17 heavy (non-hydrogen) atoms. The second kappa shape index (κ2) is 18.9. The van der Waals surface area contributed by atoms with Crippen molar-refractivity contribution in [1.29, 1.82) is 0 Å². The van der Waals surface area contributed by atoms with Gasteiger partial charge in [0.15, 0.2) is 0 Å². The largest absolute Gasteiger partial charge is 2.00 e. The number of rotatable bonds is 13. The number of unbranched alkanes of at least 4 members (excludes halogenated alkanes) is 13. The van der Waals surface area contributed by atoms with E-state index in [-0.39, 0.29) is 16.8 Å². The van der Waals surface area contributed by atoms with Crippen LogP contribution in [0.25, 0.3) is 0 Å². The first-order valence-corrected chi connectivity index (χ1v) is 7.91. The normalized spacial score (nSPS) is 10.2. The molecule has 0 aromatic heterocycles. The molecule has 0 amide bonds. The molecule has 105 valence electrons. The number of hydrogen-bond donors (Lipinski definition) is 0. The van der Waals surface area contributed by atoms with Gasteiger partial charge < -0.3 is 0 Å². The first kappa shape index (κ1) is 19.8. The monoisotopic (exact) mass is 285 g/mol. The molecule has 0 aromatic carbocycles. The maximum atomic E-state index is 2.29. The SMILES string of the molecule is CCCCCCCCCCCCCCCC.[Co+2]. The molecule has 0 aliphatic carbocycles. The summed E-state index contributed by atoms with van der Waals surface area (Å²) in [6.07, 6.45) is 20.4. The zero-order valence-corrected chi connectivity index (χ0v) is 13.3. The maximum absolute atomic E-state index is 2.29. The second-order valence-corrected chi connectivity index (χ2v) is 5.24. The van der Waals surface area contributed by atoms with Crippen molar-refractivity contribution in [2.24, 2.45) is 0 Å². The van der Waals surface area contributed by atoms with Crippen LogP contribution >= 0.6 is 0 Å². The second-order valence-electron chi connectivity index (χ2n) is 5.24. The van der Waals surface area contributed by atoms with E-state index in [0.717, 1.165) is 0 Å². The zero-order valence-electron chi connectivity index (χ0n) is 12.2. The molecule has 0 aliphatic heterocycles. The van der Waals surface area contributed by atoms with E-state index in [9.17, 15) is 0 Å². The molecule has 0 saturated heterocycles. The molecule has 0 heterocycles. The summed E-state index contributed by atoms with van der Waals surface area (Å²) in [5, 5.41) is 0. The molecule has 0 atom stereocenters. The van der Waals surface area contributed by atoms with Gasteiger partial charge in [0.05, 0.1) is 0 Å². The van der Waals surface area contributed by atoms with Crippen LogP contribution in [-0.4, -0.2) is 0 Å². The summed E-state index contributed by atoms with van der Waals surface area (Å²) in [7, 11) is 0. The quantitative estimate of drug-likeness (QED) is 0.339. The molecule has 0 aliphatic rings. The van der Waals surface area contributed by atoms with E-state index in [1.54, 1.807) is 0 Å². The Balaban J connectivity index is 0. The average molecular weight is 285 g/mol. The van der Waals surface area contributed by atoms with Gasteiger partial charge in [0.1, 0.15) is 0 Å². The van der Waals surface area contributed by atoms with E-state index in [1.807, 2.05) is 0 Å². The van der Waals surface area contributed by atoms with Crippen molar-refractivity contribution in [1.82, 2.24) is 0 Å². The Morgan fingerprint density at radius 1 is 0.353 bits per heavy atom. The molecule has 0 aromatic rings. The van der Waals surface area contributed by atoms with E-state index in [4.69, 9.17) is 0 Å². The van der Waals surface area contributed by atoms with Gasteiger partial charge >= 0.3 is 16.8 Å². The third-order valence-electron chi connectivity index (χ3n) is 3.46. The van der Waals surface area contributed by atoms with Crippen LogP contribution in [0.3, 0.4) is 0 Å². The minimum Gasteiger partial charge on any atom is -0.0654 e. The van der Waals surface area contributed by atoms with Gasteiger partial charge in [-0.1, -0.05) is 104 Å². The Morgan fingerprint density at radius 2 is 0.529 bits per heavy atom. The van der Waals surface area contributed by atoms with Crippen molar-refractivity contribution in [2.45, 2.75) is 104 Å². The third-order valence-corrected chi connectivity index (χ3v) is 3.46. The van der Waals surface area contributed by atoms with Gasteiger partial charge in [0.2, 0.25) is 0 Å². The molecule has 0 spiro atoms. The zero-order chi connectivity index (χ0) is 11.9. The molecule has 0 saturated carbocycles. The Hall–Kier alpha value is 0.506. The van der Waals surface area contributed by atoms with Gasteiger partial charge in [-0.3, -0.25) is 0 Å². The molecule has 0 nitrogen and oxygen atoms in total. The minimum absolute atomic E-state index is 0. The molecule has 0 N–H and O–H groups in total. The first-order chi connectivity index (χ1) is 7.91. The van der Waals surface area contributed by atoms with E-state index in [2.05, 4.69) is 13.8 Å². The fraction of sp³-hybridized carbons (Fsp3) is 1.00. The van der Waals surface area contributed by atoms with E-state index in [1.165, 1.54) is 89.9 Å². The first-order valence-electron chi connectivity index (χ1n) is 7.91. The van der Waals surface area contributed by atoms with Crippen LogP contribution in [0, 0.1) is 0 Å². The maximum Gasteiger partial charge on any atom is 2.00 e. The topological polar surface area (TPSA) is 0 Å². The van der Waals surface area contributed by atoms with Gasteiger partial charge in [0.25, 0.3) is 0 Å². The standard InChI is InChI=1S/C16H34.Co/c1-3-5-7-9-11-13-15-16-14-12-10-8-6-4-2;/h3-16H2,1-2H3;/q;+2. The summed E-state index contributed by atoms with van der Waals surface area (Å²) < 4.78 is 0. The Bertz CT molecular complexity index is 98.1. The molecule has 1 radical (unpaired) electrons. The van der Waals surface area contributed by atoms with Crippen molar-refractivity contribution >= 4 is 0 Å². The van der Waals surface area contributed by atoms with E-state index in [0.29, 0.717) is 0 Å². The fourth-order valence-corrected chi connectivity index (χ4v) is 2.27. The van der Waals surface area contributed by atoms with Crippen molar-refractivity contribution in [3.63, 3.8) is 0 Å². The van der Waals surface area contributed by atoms with Crippen molar-refractivity contribution in [3.8, 4) is 0 Å². The molecule has 0 fully saturated rings. The van der Waals surface area contributed by atoms with Gasteiger partial charge in [0, 0.05) is 0 Å². The molecular formula is C16H34Co+2. The molecule has 1 heteroatoms. The Kier molecular flexibility index (Phi) is 22.0. The van der Waals surface area contributed by atoms with Crippen LogP contribution in [0.4, 0.5) is 0 Å². The smallest absolute Gasteiger partial charge is 0.0654 e. The summed E-state index contributed by atoms with van der Waals surface area (Å²) >= 11 is 0. The summed E-state index contributed by atoms with van der Waals surface area (Å²) in [5.74, 6) is 0. The molecule has 0 rings (SSSR count). The van der Waals surface area contributed by atoms with Gasteiger partial charge in [-0.2, -0.15) is 0 Å². The average Bonchev–Trinajstić information content (AvgIpc) is 2.31. The Morgan fingerprint density at radius 3 is 0.706 bits per heavy atom. The van der Waals surface area contributed by atoms with Crippen LogP contribution in [0.15, 0.2) is 0 Å². The third kappa shape index (κ3) is 19.0. The van der Waals surface area contributed by atoms with Crippen LogP contribution in [0.2, 0.25) is 0 Å². The van der Waals surface area contributed by atoms with Gasteiger partial charge in [-0.25, -0.2) is 0 Å². The summed E-state index contributed by atoms with van der Waals surface area (Å²) in [6, 6.07) is 0.